The maximum atomic E-state index is 10.5. The molecular weight excluding hydrogens is 418 g/mol. The SMILES string of the molecule is COc1cc(O)c(NC(=C(C)C)c2ccc(Oc3cc(C(C)C)c(C)cc3C)o2)c(OC)c1. The summed E-state index contributed by atoms with van der Waals surface area (Å²) in [5.74, 6) is 3.08. The Labute approximate surface area is 195 Å². The number of anilines is 1. The molecular formula is C27H33NO5. The van der Waals surface area contributed by atoms with E-state index in [9.17, 15) is 5.11 Å². The number of hydrogen-bond donors (Lipinski definition) is 2. The van der Waals surface area contributed by atoms with Crippen molar-refractivity contribution in [2.75, 3.05) is 19.5 Å². The normalized spacial score (nSPS) is 10.8. The van der Waals surface area contributed by atoms with Crippen LogP contribution in [-0.4, -0.2) is 19.3 Å². The van der Waals surface area contributed by atoms with Gasteiger partial charge in [-0.2, -0.15) is 0 Å². The maximum Gasteiger partial charge on any atom is 0.290 e. The van der Waals surface area contributed by atoms with Crippen molar-refractivity contribution in [2.24, 2.45) is 0 Å². The second-order valence-corrected chi connectivity index (χ2v) is 8.57. The van der Waals surface area contributed by atoms with E-state index in [2.05, 4.69) is 38.2 Å². The van der Waals surface area contributed by atoms with E-state index in [1.165, 1.54) is 31.4 Å². The number of methoxy groups -OCH3 is 2. The highest BCUT2D eigenvalue weighted by Crippen LogP contribution is 2.41. The molecule has 0 aliphatic carbocycles. The number of nitrogens with one attached hydrogen (secondary N) is 1. The number of furan rings is 1. The molecule has 6 nitrogen and oxygen atoms in total. The molecule has 3 rings (SSSR count). The van der Waals surface area contributed by atoms with Gasteiger partial charge in [-0.15, -0.1) is 0 Å². The van der Waals surface area contributed by atoms with Crippen molar-refractivity contribution in [3.05, 3.63) is 64.4 Å². The Bertz CT molecular complexity index is 1170. The molecule has 0 atom stereocenters. The number of allylic oxidation sites excluding steroid dienone is 1. The molecule has 0 unspecified atom stereocenters. The fourth-order valence-electron chi connectivity index (χ4n) is 3.74. The van der Waals surface area contributed by atoms with Gasteiger partial charge in [0, 0.05) is 18.2 Å². The summed E-state index contributed by atoms with van der Waals surface area (Å²) < 4.78 is 22.8. The monoisotopic (exact) mass is 451 g/mol. The van der Waals surface area contributed by atoms with Gasteiger partial charge in [-0.05, 0) is 68.0 Å². The van der Waals surface area contributed by atoms with Gasteiger partial charge in [0.25, 0.3) is 5.95 Å². The van der Waals surface area contributed by atoms with E-state index in [0.29, 0.717) is 40.5 Å². The number of rotatable bonds is 8. The van der Waals surface area contributed by atoms with Crippen LogP contribution in [0.5, 0.6) is 28.9 Å². The Morgan fingerprint density at radius 2 is 1.67 bits per heavy atom. The highest BCUT2D eigenvalue weighted by atomic mass is 16.6. The quantitative estimate of drug-likeness (QED) is 0.348. The van der Waals surface area contributed by atoms with Crippen LogP contribution in [0, 0.1) is 13.8 Å². The molecule has 0 saturated carbocycles. The van der Waals surface area contributed by atoms with Crippen LogP contribution in [0.2, 0.25) is 0 Å². The standard InChI is InChI=1S/C27H33NO5/c1-15(2)20-14-23(18(6)11-17(20)5)33-25-10-9-22(32-25)26(16(3)4)28-27-21(29)12-19(30-7)13-24(27)31-8/h9-15,28-29H,1-8H3. The molecule has 0 saturated heterocycles. The van der Waals surface area contributed by atoms with Crippen LogP contribution < -0.4 is 19.5 Å². The third-order valence-electron chi connectivity index (χ3n) is 5.48. The summed E-state index contributed by atoms with van der Waals surface area (Å²) in [4.78, 5) is 0. The highest BCUT2D eigenvalue weighted by molar-refractivity contribution is 5.82. The summed E-state index contributed by atoms with van der Waals surface area (Å²) in [5, 5.41) is 13.8. The number of hydrogen-bond acceptors (Lipinski definition) is 6. The lowest BCUT2D eigenvalue weighted by atomic mass is 9.96. The summed E-state index contributed by atoms with van der Waals surface area (Å²) in [7, 11) is 3.07. The van der Waals surface area contributed by atoms with E-state index in [4.69, 9.17) is 18.6 Å². The number of phenolic OH excluding ortho intramolecular Hbond substituents is 1. The Hall–Kier alpha value is -3.54. The predicted octanol–water partition coefficient (Wildman–Crippen LogP) is 7.40. The summed E-state index contributed by atoms with van der Waals surface area (Å²) in [6, 6.07) is 11.1. The summed E-state index contributed by atoms with van der Waals surface area (Å²) in [5.41, 5.74) is 5.62. The van der Waals surface area contributed by atoms with E-state index >= 15 is 0 Å². The number of benzene rings is 2. The number of ether oxygens (including phenoxy) is 3. The van der Waals surface area contributed by atoms with Gasteiger partial charge in [0.15, 0.2) is 5.76 Å². The molecule has 0 aliphatic heterocycles. The van der Waals surface area contributed by atoms with Crippen molar-refractivity contribution < 1.29 is 23.7 Å². The first-order valence-electron chi connectivity index (χ1n) is 10.9. The first-order chi connectivity index (χ1) is 15.6. The Morgan fingerprint density at radius 1 is 0.939 bits per heavy atom. The number of aromatic hydroxyl groups is 1. The lowest BCUT2D eigenvalue weighted by molar-refractivity contribution is 0.341. The van der Waals surface area contributed by atoms with Gasteiger partial charge in [-0.1, -0.05) is 19.9 Å². The Morgan fingerprint density at radius 3 is 2.27 bits per heavy atom. The van der Waals surface area contributed by atoms with E-state index in [1.54, 1.807) is 12.1 Å². The average molecular weight is 452 g/mol. The van der Waals surface area contributed by atoms with Gasteiger partial charge in [0.2, 0.25) is 0 Å². The zero-order valence-electron chi connectivity index (χ0n) is 20.6. The van der Waals surface area contributed by atoms with Crippen molar-refractivity contribution in [2.45, 2.75) is 47.5 Å². The molecule has 0 fully saturated rings. The minimum atomic E-state index is 0.00414. The molecule has 0 radical (unpaired) electrons. The molecule has 0 amide bonds. The van der Waals surface area contributed by atoms with Gasteiger partial charge in [-0.25, -0.2) is 0 Å². The van der Waals surface area contributed by atoms with Crippen molar-refractivity contribution >= 4 is 11.4 Å². The molecule has 0 spiro atoms. The molecule has 33 heavy (non-hydrogen) atoms. The van der Waals surface area contributed by atoms with E-state index in [1.807, 2.05) is 26.8 Å². The molecule has 2 N–H and O–H groups in total. The van der Waals surface area contributed by atoms with Crippen LogP contribution in [0.1, 0.15) is 56.1 Å². The minimum absolute atomic E-state index is 0.00414. The van der Waals surface area contributed by atoms with Crippen LogP contribution >= 0.6 is 0 Å². The first kappa shape index (κ1) is 24.1. The second kappa shape index (κ2) is 9.94. The average Bonchev–Trinajstić information content (AvgIpc) is 3.21. The summed E-state index contributed by atoms with van der Waals surface area (Å²) in [6.07, 6.45) is 0. The molecule has 6 heteroatoms. The van der Waals surface area contributed by atoms with Crippen molar-refractivity contribution in [3.63, 3.8) is 0 Å². The largest absolute Gasteiger partial charge is 0.505 e. The van der Waals surface area contributed by atoms with E-state index in [-0.39, 0.29) is 5.75 Å². The highest BCUT2D eigenvalue weighted by Gasteiger charge is 2.18. The maximum absolute atomic E-state index is 10.5. The van der Waals surface area contributed by atoms with Crippen LogP contribution in [0.25, 0.3) is 5.70 Å². The van der Waals surface area contributed by atoms with Crippen molar-refractivity contribution in [1.82, 2.24) is 0 Å². The minimum Gasteiger partial charge on any atom is -0.505 e. The second-order valence-electron chi connectivity index (χ2n) is 8.57. The van der Waals surface area contributed by atoms with Crippen molar-refractivity contribution in [1.29, 1.82) is 0 Å². The number of aryl methyl sites for hydroxylation is 2. The van der Waals surface area contributed by atoms with Gasteiger partial charge >= 0.3 is 0 Å². The summed E-state index contributed by atoms with van der Waals surface area (Å²) >= 11 is 0. The fourth-order valence-corrected chi connectivity index (χ4v) is 3.74. The smallest absolute Gasteiger partial charge is 0.290 e. The zero-order chi connectivity index (χ0) is 24.3. The van der Waals surface area contributed by atoms with Gasteiger partial charge in [0.1, 0.15) is 28.7 Å². The van der Waals surface area contributed by atoms with E-state index in [0.717, 1.165) is 16.9 Å². The fraction of sp³-hybridized carbons (Fsp3) is 0.333. The Balaban J connectivity index is 1.92. The molecule has 1 heterocycles. The predicted molar refractivity (Wildman–Crippen MR) is 132 cm³/mol. The van der Waals surface area contributed by atoms with Crippen molar-refractivity contribution in [3.8, 4) is 28.9 Å². The summed E-state index contributed by atoms with van der Waals surface area (Å²) in [6.45, 7) is 12.4. The number of phenols is 1. The zero-order valence-corrected chi connectivity index (χ0v) is 20.6. The van der Waals surface area contributed by atoms with Crippen LogP contribution in [0.4, 0.5) is 5.69 Å². The molecule has 1 aromatic heterocycles. The Kier molecular flexibility index (Phi) is 7.26. The molecule has 0 bridgehead atoms. The lowest BCUT2D eigenvalue weighted by Crippen LogP contribution is -2.03. The third-order valence-corrected chi connectivity index (χ3v) is 5.48. The molecule has 3 aromatic rings. The first-order valence-corrected chi connectivity index (χ1v) is 10.9. The van der Waals surface area contributed by atoms with Gasteiger partial charge in [0.05, 0.1) is 19.9 Å². The van der Waals surface area contributed by atoms with Gasteiger partial charge < -0.3 is 29.1 Å². The molecule has 176 valence electrons. The van der Waals surface area contributed by atoms with Crippen LogP contribution in [-0.2, 0) is 0 Å². The van der Waals surface area contributed by atoms with E-state index < -0.39 is 0 Å². The lowest BCUT2D eigenvalue weighted by Gasteiger charge is -2.17. The van der Waals surface area contributed by atoms with Crippen LogP contribution in [0.15, 0.2) is 46.4 Å². The van der Waals surface area contributed by atoms with Gasteiger partial charge in [-0.3, -0.25) is 0 Å². The third kappa shape index (κ3) is 5.28. The molecule has 0 aliphatic rings. The topological polar surface area (TPSA) is 73.1 Å². The molecule has 2 aromatic carbocycles. The van der Waals surface area contributed by atoms with Crippen LogP contribution in [0.3, 0.4) is 0 Å².